The Bertz CT molecular complexity index is 1500. The van der Waals surface area contributed by atoms with E-state index < -0.39 is 77.5 Å². The fourth-order valence-corrected chi connectivity index (χ4v) is 3.90. The van der Waals surface area contributed by atoms with Gasteiger partial charge in [-0.3, -0.25) is 9.59 Å². The Balaban J connectivity index is 1.90. The van der Waals surface area contributed by atoms with Gasteiger partial charge in [0.2, 0.25) is 12.0 Å². The van der Waals surface area contributed by atoms with Gasteiger partial charge in [0.15, 0.2) is 16.2 Å². The van der Waals surface area contributed by atoms with Crippen molar-refractivity contribution in [2.75, 3.05) is 20.2 Å². The van der Waals surface area contributed by atoms with Crippen LogP contribution < -0.4 is 10.5 Å². The number of esters is 1. The number of carbonyl (C=O) groups is 3. The van der Waals surface area contributed by atoms with Crippen molar-refractivity contribution in [3.8, 4) is 17.0 Å². The molecule has 3 rings (SSSR count). The van der Waals surface area contributed by atoms with E-state index in [0.717, 1.165) is 41.3 Å². The molecule has 0 saturated heterocycles. The lowest BCUT2D eigenvalue weighted by atomic mass is 10.1. The number of nitrogens with two attached hydrogens (primary N) is 1. The van der Waals surface area contributed by atoms with Crippen LogP contribution in [-0.4, -0.2) is 53.7 Å². The quantitative estimate of drug-likeness (QED) is 0.214. The number of carbonyl (C=O) groups excluding carboxylic acids is 3. The highest BCUT2D eigenvalue weighted by atomic mass is 79.9. The van der Waals surface area contributed by atoms with Gasteiger partial charge in [-0.05, 0) is 61.0 Å². The zero-order valence-electron chi connectivity index (χ0n) is 23.1. The summed E-state index contributed by atoms with van der Waals surface area (Å²) >= 11 is 3.12. The number of primary amides is 1. The molecule has 0 bridgehead atoms. The normalized spacial score (nSPS) is 12.4. The molecule has 0 fully saturated rings. The maximum absolute atomic E-state index is 15.0. The van der Waals surface area contributed by atoms with Crippen molar-refractivity contribution >= 4 is 33.9 Å². The largest absolute Gasteiger partial charge is 0.474 e. The van der Waals surface area contributed by atoms with E-state index in [1.54, 1.807) is 20.8 Å². The molecule has 0 radical (unpaired) electrons. The Morgan fingerprint density at radius 3 is 2.26 bits per heavy atom. The molecule has 1 unspecified atom stereocenters. The predicted molar refractivity (Wildman–Crippen MR) is 143 cm³/mol. The first-order chi connectivity index (χ1) is 19.9. The second-order valence-corrected chi connectivity index (χ2v) is 10.7. The van der Waals surface area contributed by atoms with E-state index in [-0.39, 0.29) is 21.8 Å². The summed E-state index contributed by atoms with van der Waals surface area (Å²) in [7, 11) is 1.28. The van der Waals surface area contributed by atoms with Crippen LogP contribution in [0.2, 0.25) is 0 Å². The van der Waals surface area contributed by atoms with Crippen molar-refractivity contribution in [1.82, 2.24) is 9.88 Å². The minimum Gasteiger partial charge on any atom is -0.474 e. The second-order valence-electron chi connectivity index (χ2n) is 9.97. The van der Waals surface area contributed by atoms with Crippen LogP contribution in [-0.2, 0) is 20.4 Å². The smallest absolute Gasteiger partial charge is 0.416 e. The molecule has 10 nitrogen and oxygen atoms in total. The van der Waals surface area contributed by atoms with Gasteiger partial charge in [0.05, 0.1) is 5.56 Å². The Hall–Kier alpha value is -4.21. The fraction of sp³-hybridized carbons (Fsp3) is 0.333. The van der Waals surface area contributed by atoms with Gasteiger partial charge in [0.25, 0.3) is 5.91 Å². The number of aromatic nitrogens is 1. The molecule has 232 valence electrons. The molecule has 1 aromatic heterocycles. The molecular formula is C27H25BrF5N3O7. The number of hydrogen-bond acceptors (Lipinski definition) is 8. The number of oxazole rings is 1. The van der Waals surface area contributed by atoms with Crippen LogP contribution in [0.15, 0.2) is 45.5 Å². The molecule has 1 atom stereocenters. The average Bonchev–Trinajstić information content (AvgIpc) is 3.27. The third kappa shape index (κ3) is 8.65. The Morgan fingerprint density at radius 2 is 1.70 bits per heavy atom. The summed E-state index contributed by atoms with van der Waals surface area (Å²) in [5.74, 6) is -6.12. The minimum absolute atomic E-state index is 0.0192. The van der Waals surface area contributed by atoms with Crippen molar-refractivity contribution in [3.63, 3.8) is 0 Å². The molecule has 0 aliphatic carbocycles. The monoisotopic (exact) mass is 677 g/mol. The summed E-state index contributed by atoms with van der Waals surface area (Å²) in [4.78, 5) is 41.4. The van der Waals surface area contributed by atoms with Crippen molar-refractivity contribution in [2.24, 2.45) is 5.73 Å². The number of halogens is 6. The summed E-state index contributed by atoms with van der Waals surface area (Å²) < 4.78 is 89.3. The summed E-state index contributed by atoms with van der Waals surface area (Å²) in [6.45, 7) is 3.62. The van der Waals surface area contributed by atoms with Crippen molar-refractivity contribution in [1.29, 1.82) is 0 Å². The van der Waals surface area contributed by atoms with Crippen molar-refractivity contribution in [3.05, 3.63) is 69.7 Å². The van der Waals surface area contributed by atoms with Crippen LogP contribution in [0, 0.1) is 11.6 Å². The van der Waals surface area contributed by atoms with Crippen LogP contribution >= 0.6 is 15.9 Å². The Labute approximate surface area is 250 Å². The fourth-order valence-electron chi connectivity index (χ4n) is 3.42. The van der Waals surface area contributed by atoms with Crippen molar-refractivity contribution in [2.45, 2.75) is 38.7 Å². The van der Waals surface area contributed by atoms with Crippen molar-refractivity contribution < 1.29 is 55.0 Å². The van der Waals surface area contributed by atoms with Crippen LogP contribution in [0.5, 0.6) is 5.75 Å². The van der Waals surface area contributed by atoms with Crippen LogP contribution in [0.25, 0.3) is 11.3 Å². The van der Waals surface area contributed by atoms with E-state index >= 15 is 0 Å². The molecular weight excluding hydrogens is 653 g/mol. The molecule has 2 N–H and O–H groups in total. The highest BCUT2D eigenvalue weighted by molar-refractivity contribution is 9.10. The second kappa shape index (κ2) is 13.0. The molecule has 2 aromatic carbocycles. The third-order valence-electron chi connectivity index (χ3n) is 5.40. The number of amides is 2. The maximum atomic E-state index is 15.0. The number of hydrogen-bond donors (Lipinski definition) is 1. The van der Waals surface area contributed by atoms with E-state index in [9.17, 15) is 36.3 Å². The number of rotatable bonds is 9. The molecule has 0 spiro atoms. The lowest BCUT2D eigenvalue weighted by Gasteiger charge is -2.24. The zero-order valence-corrected chi connectivity index (χ0v) is 24.6. The third-order valence-corrected chi connectivity index (χ3v) is 5.94. The van der Waals surface area contributed by atoms with E-state index in [2.05, 4.69) is 20.9 Å². The minimum atomic E-state index is -4.58. The molecule has 3 aromatic rings. The number of nitrogens with zero attached hydrogens (tertiary/aromatic N) is 2. The number of benzene rings is 2. The molecule has 43 heavy (non-hydrogen) atoms. The van der Waals surface area contributed by atoms with Crippen LogP contribution in [0.3, 0.4) is 0 Å². The van der Waals surface area contributed by atoms with Gasteiger partial charge in [-0.25, -0.2) is 18.6 Å². The molecule has 0 saturated carbocycles. The molecule has 1 heterocycles. The SMILES string of the molecule is CN(CC(=O)OCC(Oc1ccc(F)c(C(N)=O)c1F)c1nc(-c2ccc(C(F)(F)F)cc2)c(Br)o1)C(=O)OC(C)(C)C. The van der Waals surface area contributed by atoms with E-state index in [4.69, 9.17) is 24.4 Å². The first-order valence-corrected chi connectivity index (χ1v) is 13.0. The number of ether oxygens (including phenoxy) is 3. The standard InChI is InChI=1S/C27H25BrF5N3O7/c1-26(2,3)43-25(39)36(4)11-18(37)40-12-17(41-16-10-9-15(29)19(20(16)30)23(34)38)24-35-21(22(28)42-24)13-5-7-14(8-6-13)27(31,32)33/h5-10,17H,11-12H2,1-4H3,(H2,34,38). The number of likely N-dealkylation sites (N-methyl/N-ethyl adjacent to an activating group) is 1. The van der Waals surface area contributed by atoms with Crippen LogP contribution in [0.4, 0.5) is 26.7 Å². The highest BCUT2D eigenvalue weighted by Gasteiger charge is 2.31. The predicted octanol–water partition coefficient (Wildman–Crippen LogP) is 6.03. The average molecular weight is 678 g/mol. The summed E-state index contributed by atoms with van der Waals surface area (Å²) in [5, 5.41) is 0. The van der Waals surface area contributed by atoms with Gasteiger partial charge in [-0.2, -0.15) is 13.2 Å². The molecule has 0 aliphatic heterocycles. The van der Waals surface area contributed by atoms with Crippen LogP contribution in [0.1, 0.15) is 48.7 Å². The first-order valence-electron chi connectivity index (χ1n) is 12.3. The number of alkyl halides is 3. The van der Waals surface area contributed by atoms with Gasteiger partial charge >= 0.3 is 18.2 Å². The Kier molecular flexibility index (Phi) is 10.0. The highest BCUT2D eigenvalue weighted by Crippen LogP contribution is 2.36. The maximum Gasteiger partial charge on any atom is 0.416 e. The molecule has 16 heteroatoms. The van der Waals surface area contributed by atoms with E-state index in [1.165, 1.54) is 7.05 Å². The van der Waals surface area contributed by atoms with Gasteiger partial charge in [-0.1, -0.05) is 12.1 Å². The lowest BCUT2D eigenvalue weighted by Crippen LogP contribution is -2.38. The van der Waals surface area contributed by atoms with Gasteiger partial charge in [-0.15, -0.1) is 0 Å². The summed E-state index contributed by atoms with van der Waals surface area (Å²) in [5.41, 5.74) is 2.44. The zero-order chi connectivity index (χ0) is 32.3. The van der Waals surface area contributed by atoms with E-state index in [0.29, 0.717) is 0 Å². The summed E-state index contributed by atoms with van der Waals surface area (Å²) in [6.07, 6.45) is -6.94. The van der Waals surface area contributed by atoms with Gasteiger partial charge in [0, 0.05) is 12.6 Å². The summed E-state index contributed by atoms with van der Waals surface area (Å²) in [6, 6.07) is 5.48. The molecule has 2 amide bonds. The molecule has 0 aliphatic rings. The first kappa shape index (κ1) is 33.3. The lowest BCUT2D eigenvalue weighted by molar-refractivity contribution is -0.147. The topological polar surface area (TPSA) is 134 Å². The van der Waals surface area contributed by atoms with Gasteiger partial charge in [0.1, 0.15) is 35.8 Å². The van der Waals surface area contributed by atoms with Gasteiger partial charge < -0.3 is 29.3 Å². The Morgan fingerprint density at radius 1 is 1.07 bits per heavy atom. The van der Waals surface area contributed by atoms with E-state index in [1.807, 2.05) is 0 Å².